The first-order valence-corrected chi connectivity index (χ1v) is 8.70. The van der Waals surface area contributed by atoms with E-state index in [1.807, 2.05) is 38.1 Å². The minimum absolute atomic E-state index is 0. The van der Waals surface area contributed by atoms with Crippen molar-refractivity contribution in [2.75, 3.05) is 53.0 Å². The molecule has 1 aliphatic heterocycles. The minimum atomic E-state index is -0.239. The minimum Gasteiger partial charge on any atom is -0.492 e. The summed E-state index contributed by atoms with van der Waals surface area (Å²) in [7, 11) is 1.77. The van der Waals surface area contributed by atoms with E-state index in [0.29, 0.717) is 32.8 Å². The molecular weight excluding hydrogens is 447 g/mol. The van der Waals surface area contributed by atoms with E-state index in [1.165, 1.54) is 5.56 Å². The highest BCUT2D eigenvalue weighted by Crippen LogP contribution is 2.11. The molecule has 0 saturated carbocycles. The number of hydrogen-bond acceptors (Lipinski definition) is 4. The van der Waals surface area contributed by atoms with Crippen LogP contribution >= 0.6 is 24.0 Å². The molecule has 0 atom stereocenters. The molecule has 0 aromatic heterocycles. The second-order valence-corrected chi connectivity index (χ2v) is 5.81. The Morgan fingerprint density at radius 2 is 1.92 bits per heavy atom. The average Bonchev–Trinajstić information content (AvgIpc) is 2.62. The number of nitrogens with zero attached hydrogens (tertiary/aromatic N) is 3. The van der Waals surface area contributed by atoms with Crippen LogP contribution in [-0.2, 0) is 4.74 Å². The van der Waals surface area contributed by atoms with Crippen LogP contribution in [0.25, 0.3) is 0 Å². The molecule has 1 saturated heterocycles. The lowest BCUT2D eigenvalue weighted by molar-refractivity contribution is 0.0914. The molecule has 1 N–H and O–H groups in total. The molecular formula is C18H29IN4O3. The molecule has 26 heavy (non-hydrogen) atoms. The molecule has 2 rings (SSSR count). The largest absolute Gasteiger partial charge is 0.492 e. The SMILES string of the molecule is CCOC(=O)N1CCN(C(=NC)NCCOc2cccc(C)c2)CC1.I. The van der Waals surface area contributed by atoms with Crippen LogP contribution in [0.2, 0.25) is 0 Å². The molecule has 0 radical (unpaired) electrons. The van der Waals surface area contributed by atoms with Gasteiger partial charge >= 0.3 is 6.09 Å². The van der Waals surface area contributed by atoms with Crippen molar-refractivity contribution in [2.45, 2.75) is 13.8 Å². The van der Waals surface area contributed by atoms with Crippen molar-refractivity contribution in [1.29, 1.82) is 0 Å². The van der Waals surface area contributed by atoms with Gasteiger partial charge in [0.1, 0.15) is 12.4 Å². The molecule has 7 nitrogen and oxygen atoms in total. The van der Waals surface area contributed by atoms with Gasteiger partial charge in [-0.15, -0.1) is 24.0 Å². The molecule has 146 valence electrons. The zero-order valence-electron chi connectivity index (χ0n) is 15.7. The molecule has 1 heterocycles. The van der Waals surface area contributed by atoms with Crippen molar-refractivity contribution >= 4 is 36.0 Å². The van der Waals surface area contributed by atoms with E-state index in [4.69, 9.17) is 9.47 Å². The maximum Gasteiger partial charge on any atom is 0.409 e. The number of halogens is 1. The number of aryl methyl sites for hydroxylation is 1. The van der Waals surface area contributed by atoms with Crippen molar-refractivity contribution in [2.24, 2.45) is 4.99 Å². The number of guanidine groups is 1. The molecule has 1 aromatic carbocycles. The van der Waals surface area contributed by atoms with Gasteiger partial charge in [0, 0.05) is 33.2 Å². The van der Waals surface area contributed by atoms with Gasteiger partial charge in [-0.2, -0.15) is 0 Å². The van der Waals surface area contributed by atoms with Crippen LogP contribution < -0.4 is 10.1 Å². The highest BCUT2D eigenvalue weighted by atomic mass is 127. The summed E-state index contributed by atoms with van der Waals surface area (Å²) >= 11 is 0. The van der Waals surface area contributed by atoms with Gasteiger partial charge in [-0.1, -0.05) is 12.1 Å². The normalized spacial score (nSPS) is 14.5. The summed E-state index contributed by atoms with van der Waals surface area (Å²) < 4.78 is 10.8. The van der Waals surface area contributed by atoms with Gasteiger partial charge in [-0.3, -0.25) is 4.99 Å². The molecule has 0 bridgehead atoms. The first-order chi connectivity index (χ1) is 12.1. The first kappa shape index (κ1) is 22.3. The fourth-order valence-corrected chi connectivity index (χ4v) is 2.68. The van der Waals surface area contributed by atoms with Crippen molar-refractivity contribution in [3.63, 3.8) is 0 Å². The predicted molar refractivity (Wildman–Crippen MR) is 114 cm³/mol. The third-order valence-electron chi connectivity index (χ3n) is 3.96. The number of carbonyl (C=O) groups excluding carboxylic acids is 1. The van der Waals surface area contributed by atoms with Gasteiger partial charge < -0.3 is 24.6 Å². The standard InChI is InChI=1S/C18H28N4O3.HI/c1-4-24-18(23)22-11-9-21(10-12-22)17(19-3)20-8-13-25-16-7-5-6-15(2)14-16;/h5-7,14H,4,8-13H2,1-3H3,(H,19,20);1H. The van der Waals surface area contributed by atoms with Crippen LogP contribution in [0.3, 0.4) is 0 Å². The van der Waals surface area contributed by atoms with Crippen LogP contribution in [0, 0.1) is 6.92 Å². The molecule has 1 amide bonds. The highest BCUT2D eigenvalue weighted by Gasteiger charge is 2.23. The number of hydrogen-bond donors (Lipinski definition) is 1. The number of benzene rings is 1. The summed E-state index contributed by atoms with van der Waals surface area (Å²) in [6, 6.07) is 8.00. The van der Waals surface area contributed by atoms with E-state index in [1.54, 1.807) is 11.9 Å². The number of amides is 1. The molecule has 0 spiro atoms. The highest BCUT2D eigenvalue weighted by molar-refractivity contribution is 14.0. The van der Waals surface area contributed by atoms with Crippen LogP contribution in [0.5, 0.6) is 5.75 Å². The quantitative estimate of drug-likeness (QED) is 0.306. The molecule has 0 aliphatic carbocycles. The number of aliphatic imine (C=N–C) groups is 1. The van der Waals surface area contributed by atoms with Crippen LogP contribution in [0.4, 0.5) is 4.79 Å². The first-order valence-electron chi connectivity index (χ1n) is 8.70. The third-order valence-corrected chi connectivity index (χ3v) is 3.96. The van der Waals surface area contributed by atoms with Crippen molar-refractivity contribution in [1.82, 2.24) is 15.1 Å². The Kier molecular flexibility index (Phi) is 10.2. The molecule has 0 unspecified atom stereocenters. The van der Waals surface area contributed by atoms with E-state index in [-0.39, 0.29) is 30.1 Å². The smallest absolute Gasteiger partial charge is 0.409 e. The van der Waals surface area contributed by atoms with Gasteiger partial charge in [-0.25, -0.2) is 4.79 Å². The average molecular weight is 476 g/mol. The Bertz CT molecular complexity index is 590. The van der Waals surface area contributed by atoms with Crippen molar-refractivity contribution < 1.29 is 14.3 Å². The lowest BCUT2D eigenvalue weighted by Gasteiger charge is -2.35. The topological polar surface area (TPSA) is 66.4 Å². The number of carbonyl (C=O) groups is 1. The van der Waals surface area contributed by atoms with Gasteiger partial charge in [0.05, 0.1) is 13.2 Å². The molecule has 8 heteroatoms. The lowest BCUT2D eigenvalue weighted by Crippen LogP contribution is -2.54. The van der Waals surface area contributed by atoms with E-state index >= 15 is 0 Å². The number of nitrogens with one attached hydrogen (secondary N) is 1. The maximum absolute atomic E-state index is 11.7. The Morgan fingerprint density at radius 1 is 1.23 bits per heavy atom. The van der Waals surface area contributed by atoms with E-state index in [9.17, 15) is 4.79 Å². The predicted octanol–water partition coefficient (Wildman–Crippen LogP) is 2.34. The summed E-state index contributed by atoms with van der Waals surface area (Å²) in [5, 5.41) is 3.31. The Labute approximate surface area is 172 Å². The van der Waals surface area contributed by atoms with E-state index in [0.717, 1.165) is 24.8 Å². The zero-order chi connectivity index (χ0) is 18.1. The monoisotopic (exact) mass is 476 g/mol. The summed E-state index contributed by atoms with van der Waals surface area (Å²) in [4.78, 5) is 19.9. The van der Waals surface area contributed by atoms with Gasteiger partial charge in [0.2, 0.25) is 0 Å². The lowest BCUT2D eigenvalue weighted by atomic mass is 10.2. The second-order valence-electron chi connectivity index (χ2n) is 5.81. The van der Waals surface area contributed by atoms with Crippen molar-refractivity contribution in [3.8, 4) is 5.75 Å². The third kappa shape index (κ3) is 6.89. The van der Waals surface area contributed by atoms with Crippen LogP contribution in [0.1, 0.15) is 12.5 Å². The fourth-order valence-electron chi connectivity index (χ4n) is 2.68. The maximum atomic E-state index is 11.7. The van der Waals surface area contributed by atoms with Gasteiger partial charge in [-0.05, 0) is 31.5 Å². The molecule has 1 aliphatic rings. The van der Waals surface area contributed by atoms with Gasteiger partial charge in [0.15, 0.2) is 5.96 Å². The zero-order valence-corrected chi connectivity index (χ0v) is 18.1. The van der Waals surface area contributed by atoms with Gasteiger partial charge in [0.25, 0.3) is 0 Å². The Hall–Kier alpha value is -1.71. The molecule has 1 fully saturated rings. The van der Waals surface area contributed by atoms with E-state index < -0.39 is 0 Å². The van der Waals surface area contributed by atoms with Crippen LogP contribution in [-0.4, -0.2) is 74.8 Å². The summed E-state index contributed by atoms with van der Waals surface area (Å²) in [6.45, 7) is 8.24. The second kappa shape index (κ2) is 11.8. The number of piperazine rings is 1. The fraction of sp³-hybridized carbons (Fsp3) is 0.556. The summed E-state index contributed by atoms with van der Waals surface area (Å²) in [6.07, 6.45) is -0.239. The number of ether oxygens (including phenoxy) is 2. The summed E-state index contributed by atoms with van der Waals surface area (Å²) in [5.41, 5.74) is 1.18. The van der Waals surface area contributed by atoms with Crippen LogP contribution in [0.15, 0.2) is 29.3 Å². The van der Waals surface area contributed by atoms with E-state index in [2.05, 4.69) is 15.2 Å². The summed E-state index contributed by atoms with van der Waals surface area (Å²) in [5.74, 6) is 1.70. The van der Waals surface area contributed by atoms with Crippen molar-refractivity contribution in [3.05, 3.63) is 29.8 Å². The Balaban J connectivity index is 0.00000338. The number of rotatable bonds is 5. The molecule has 1 aromatic rings. The Morgan fingerprint density at radius 3 is 2.54 bits per heavy atom.